The van der Waals surface area contributed by atoms with Crippen LogP contribution in [0.5, 0.6) is 5.75 Å². The molecule has 3 rings (SSSR count). The molecule has 1 N–H and O–H groups in total. The first-order chi connectivity index (χ1) is 16.2. The number of benzene rings is 1. The Labute approximate surface area is 210 Å². The number of anilines is 1. The van der Waals surface area contributed by atoms with E-state index in [0.29, 0.717) is 53.0 Å². The number of thioether (sulfide) groups is 1. The third-order valence-electron chi connectivity index (χ3n) is 5.91. The molecule has 2 amide bonds. The Hall–Kier alpha value is -2.52. The third kappa shape index (κ3) is 6.76. The first-order valence-corrected chi connectivity index (χ1v) is 12.7. The second-order valence-electron chi connectivity index (χ2n) is 8.75. The molecular weight excluding hydrogens is 474 g/mol. The molecule has 0 saturated carbocycles. The SMILES string of the molecule is COc1cccc(C(=O)N2CCN(c3cc(Cl)nc(SCC(=O)NC(C)C(C)C)n3)CC2C)c1. The molecule has 0 spiro atoms. The van der Waals surface area contributed by atoms with Gasteiger partial charge in [-0.05, 0) is 38.0 Å². The number of rotatable bonds is 8. The van der Waals surface area contributed by atoms with Crippen LogP contribution >= 0.6 is 23.4 Å². The number of hydrogen-bond acceptors (Lipinski definition) is 7. The summed E-state index contributed by atoms with van der Waals surface area (Å²) in [7, 11) is 1.59. The lowest BCUT2D eigenvalue weighted by Crippen LogP contribution is -2.54. The first kappa shape index (κ1) is 26.1. The fraction of sp³-hybridized carbons (Fsp3) is 0.500. The maximum atomic E-state index is 13.1. The number of piperazine rings is 1. The number of nitrogens with zero attached hydrogens (tertiary/aromatic N) is 4. The summed E-state index contributed by atoms with van der Waals surface area (Å²) in [6.45, 7) is 9.91. The van der Waals surface area contributed by atoms with Crippen molar-refractivity contribution in [2.75, 3.05) is 37.4 Å². The topological polar surface area (TPSA) is 87.7 Å². The minimum absolute atomic E-state index is 0.0235. The van der Waals surface area contributed by atoms with Gasteiger partial charge < -0.3 is 19.9 Å². The zero-order valence-electron chi connectivity index (χ0n) is 20.2. The van der Waals surface area contributed by atoms with Crippen LogP contribution in [-0.4, -0.2) is 71.3 Å². The van der Waals surface area contributed by atoms with Gasteiger partial charge in [-0.1, -0.05) is 43.3 Å². The number of amides is 2. The lowest BCUT2D eigenvalue weighted by molar-refractivity contribution is -0.119. The van der Waals surface area contributed by atoms with E-state index in [1.807, 2.05) is 30.9 Å². The molecule has 2 unspecified atom stereocenters. The number of halogens is 1. The third-order valence-corrected chi connectivity index (χ3v) is 6.95. The van der Waals surface area contributed by atoms with Gasteiger partial charge in [-0.3, -0.25) is 9.59 Å². The molecule has 2 heterocycles. The highest BCUT2D eigenvalue weighted by Gasteiger charge is 2.29. The summed E-state index contributed by atoms with van der Waals surface area (Å²) in [5.74, 6) is 1.85. The monoisotopic (exact) mass is 505 g/mol. The number of carbonyl (C=O) groups is 2. The molecule has 10 heteroatoms. The zero-order valence-corrected chi connectivity index (χ0v) is 21.8. The lowest BCUT2D eigenvalue weighted by Gasteiger charge is -2.40. The van der Waals surface area contributed by atoms with Gasteiger partial charge in [0.2, 0.25) is 5.91 Å². The molecule has 0 bridgehead atoms. The summed E-state index contributed by atoms with van der Waals surface area (Å²) in [6, 6.07) is 8.99. The molecule has 34 heavy (non-hydrogen) atoms. The van der Waals surface area contributed by atoms with Crippen LogP contribution in [0.2, 0.25) is 5.15 Å². The van der Waals surface area contributed by atoms with Crippen molar-refractivity contribution in [1.29, 1.82) is 0 Å². The fourth-order valence-electron chi connectivity index (χ4n) is 3.59. The molecule has 1 aliphatic rings. The number of ether oxygens (including phenoxy) is 1. The molecule has 0 radical (unpaired) electrons. The Morgan fingerprint density at radius 1 is 1.24 bits per heavy atom. The number of carbonyl (C=O) groups excluding carboxylic acids is 2. The molecule has 0 aliphatic carbocycles. The number of nitrogens with one attached hydrogen (secondary N) is 1. The van der Waals surface area contributed by atoms with E-state index in [1.54, 1.807) is 25.3 Å². The largest absolute Gasteiger partial charge is 0.497 e. The van der Waals surface area contributed by atoms with E-state index in [0.717, 1.165) is 0 Å². The van der Waals surface area contributed by atoms with Crippen molar-refractivity contribution in [3.63, 3.8) is 0 Å². The van der Waals surface area contributed by atoms with Gasteiger partial charge in [0.15, 0.2) is 5.16 Å². The van der Waals surface area contributed by atoms with Gasteiger partial charge in [0, 0.05) is 43.3 Å². The van der Waals surface area contributed by atoms with Crippen LogP contribution in [-0.2, 0) is 4.79 Å². The van der Waals surface area contributed by atoms with Gasteiger partial charge in [-0.25, -0.2) is 9.97 Å². The van der Waals surface area contributed by atoms with Crippen molar-refractivity contribution in [3.8, 4) is 5.75 Å². The van der Waals surface area contributed by atoms with E-state index in [2.05, 4.69) is 34.0 Å². The molecule has 1 fully saturated rings. The molecule has 8 nitrogen and oxygen atoms in total. The van der Waals surface area contributed by atoms with Crippen LogP contribution < -0.4 is 15.0 Å². The highest BCUT2D eigenvalue weighted by atomic mass is 35.5. The standard InChI is InChI=1S/C24H32ClN5O3S/c1-15(2)17(4)26-22(31)14-34-24-27-20(25)12-21(28-24)29-9-10-30(16(3)13-29)23(32)18-7-6-8-19(11-18)33-5/h6-8,11-12,15-17H,9-10,13-14H2,1-5H3,(H,26,31). The van der Waals surface area contributed by atoms with Crippen LogP contribution in [0.25, 0.3) is 0 Å². The molecular formula is C24H32ClN5O3S. The normalized spacial score (nSPS) is 17.0. The first-order valence-electron chi connectivity index (χ1n) is 11.3. The van der Waals surface area contributed by atoms with Gasteiger partial charge in [-0.2, -0.15) is 0 Å². The highest BCUT2D eigenvalue weighted by Crippen LogP contribution is 2.25. The maximum absolute atomic E-state index is 13.1. The van der Waals surface area contributed by atoms with Gasteiger partial charge in [0.05, 0.1) is 12.9 Å². The Bertz CT molecular complexity index is 1020. The zero-order chi connectivity index (χ0) is 24.8. The average molecular weight is 506 g/mol. The van der Waals surface area contributed by atoms with Crippen LogP contribution in [0.4, 0.5) is 5.82 Å². The van der Waals surface area contributed by atoms with Crippen LogP contribution in [0.15, 0.2) is 35.5 Å². The number of hydrogen-bond donors (Lipinski definition) is 1. The van der Waals surface area contributed by atoms with Gasteiger partial charge in [0.25, 0.3) is 5.91 Å². The quantitative estimate of drug-likeness (QED) is 0.332. The Balaban J connectivity index is 1.63. The van der Waals surface area contributed by atoms with Crippen molar-refractivity contribution < 1.29 is 14.3 Å². The minimum atomic E-state index is -0.0605. The van der Waals surface area contributed by atoms with E-state index in [-0.39, 0.29) is 29.7 Å². The van der Waals surface area contributed by atoms with Gasteiger partial charge in [-0.15, -0.1) is 0 Å². The summed E-state index contributed by atoms with van der Waals surface area (Å²) in [6.07, 6.45) is 0. The Morgan fingerprint density at radius 2 is 2.00 bits per heavy atom. The molecule has 1 aromatic carbocycles. The van der Waals surface area contributed by atoms with Crippen LogP contribution in [0.3, 0.4) is 0 Å². The summed E-state index contributed by atoms with van der Waals surface area (Å²) in [4.78, 5) is 38.1. The predicted octanol–water partition coefficient (Wildman–Crippen LogP) is 3.74. The summed E-state index contributed by atoms with van der Waals surface area (Å²) >= 11 is 7.53. The van der Waals surface area contributed by atoms with Crippen molar-refractivity contribution in [2.24, 2.45) is 5.92 Å². The second-order valence-corrected chi connectivity index (χ2v) is 10.1. The van der Waals surface area contributed by atoms with Crippen molar-refractivity contribution >= 4 is 41.0 Å². The molecule has 2 atom stereocenters. The van der Waals surface area contributed by atoms with E-state index in [1.165, 1.54) is 11.8 Å². The van der Waals surface area contributed by atoms with E-state index in [4.69, 9.17) is 16.3 Å². The van der Waals surface area contributed by atoms with Crippen molar-refractivity contribution in [2.45, 2.75) is 44.9 Å². The van der Waals surface area contributed by atoms with Gasteiger partial charge in [0.1, 0.15) is 16.7 Å². The summed E-state index contributed by atoms with van der Waals surface area (Å²) in [5, 5.41) is 3.76. The smallest absolute Gasteiger partial charge is 0.254 e. The molecule has 2 aromatic rings. The van der Waals surface area contributed by atoms with E-state index >= 15 is 0 Å². The molecule has 184 valence electrons. The van der Waals surface area contributed by atoms with Crippen LogP contribution in [0, 0.1) is 5.92 Å². The maximum Gasteiger partial charge on any atom is 0.254 e. The number of aromatic nitrogens is 2. The lowest BCUT2D eigenvalue weighted by atomic mass is 10.1. The molecule has 1 aromatic heterocycles. The second kappa shape index (κ2) is 11.8. The van der Waals surface area contributed by atoms with Crippen molar-refractivity contribution in [1.82, 2.24) is 20.2 Å². The predicted molar refractivity (Wildman–Crippen MR) is 136 cm³/mol. The van der Waals surface area contributed by atoms with E-state index in [9.17, 15) is 9.59 Å². The van der Waals surface area contributed by atoms with Crippen molar-refractivity contribution in [3.05, 3.63) is 41.0 Å². The van der Waals surface area contributed by atoms with Gasteiger partial charge >= 0.3 is 0 Å². The Kier molecular flexibility index (Phi) is 9.02. The average Bonchev–Trinajstić information content (AvgIpc) is 2.81. The summed E-state index contributed by atoms with van der Waals surface area (Å²) < 4.78 is 5.25. The highest BCUT2D eigenvalue weighted by molar-refractivity contribution is 7.99. The van der Waals surface area contributed by atoms with E-state index < -0.39 is 0 Å². The van der Waals surface area contributed by atoms with Crippen LogP contribution in [0.1, 0.15) is 38.1 Å². The number of methoxy groups -OCH3 is 1. The Morgan fingerprint density at radius 3 is 2.68 bits per heavy atom. The summed E-state index contributed by atoms with van der Waals surface area (Å²) in [5.41, 5.74) is 0.605. The molecule has 1 aliphatic heterocycles. The molecule has 1 saturated heterocycles. The minimum Gasteiger partial charge on any atom is -0.497 e. The fourth-order valence-corrected chi connectivity index (χ4v) is 4.49.